The average Bonchev–Trinajstić information content (AvgIpc) is 3.71. The number of phenols is 1. The van der Waals surface area contributed by atoms with Crippen molar-refractivity contribution in [2.45, 2.75) is 13.8 Å². The molecule has 0 amide bonds. The summed E-state index contributed by atoms with van der Waals surface area (Å²) in [5, 5.41) is 13.3. The number of benzene rings is 5. The van der Waals surface area contributed by atoms with Gasteiger partial charge >= 0.3 is 0 Å². The average molecular weight is 828 g/mol. The number of imidazole rings is 1. The molecule has 4 aromatic heterocycles. The first kappa shape index (κ1) is 31.5. The SMILES string of the molecule is Cc1cccc(C)c1-c1cc(-c2[c-]c(-c3nc4ccccn4c3-c3ccccc3)ccc2)nc(-c2c(O)ccc3c2oc2ccccc23)c1.[Pt]. The third kappa shape index (κ3) is 5.22. The van der Waals surface area contributed by atoms with E-state index >= 15 is 0 Å². The van der Waals surface area contributed by atoms with Gasteiger partial charge in [0.1, 0.15) is 22.6 Å². The number of para-hydroxylation sites is 1. The van der Waals surface area contributed by atoms with Crippen LogP contribution >= 0.6 is 0 Å². The zero-order chi connectivity index (χ0) is 33.1. The monoisotopic (exact) mass is 827 g/mol. The summed E-state index contributed by atoms with van der Waals surface area (Å²) in [6.07, 6.45) is 2.05. The van der Waals surface area contributed by atoms with Gasteiger partial charge in [-0.1, -0.05) is 90.0 Å². The molecule has 0 spiro atoms. The minimum absolute atomic E-state index is 0. The van der Waals surface area contributed by atoms with E-state index in [0.717, 1.165) is 78.0 Å². The molecule has 0 radical (unpaired) electrons. The van der Waals surface area contributed by atoms with Gasteiger partial charge in [-0.25, -0.2) is 0 Å². The Labute approximate surface area is 303 Å². The van der Waals surface area contributed by atoms with E-state index in [9.17, 15) is 5.11 Å². The number of phenolic OH excluding ortho intramolecular Hbond substituents is 1. The maximum atomic E-state index is 11.4. The van der Waals surface area contributed by atoms with E-state index in [1.165, 1.54) is 0 Å². The molecular formula is C44H30N3O2Pt-. The van der Waals surface area contributed by atoms with E-state index in [4.69, 9.17) is 14.4 Å². The van der Waals surface area contributed by atoms with Crippen LogP contribution in [0.3, 0.4) is 0 Å². The fourth-order valence-electron chi connectivity index (χ4n) is 7.05. The van der Waals surface area contributed by atoms with E-state index in [2.05, 4.69) is 72.8 Å². The molecule has 50 heavy (non-hydrogen) atoms. The van der Waals surface area contributed by atoms with Gasteiger partial charge in [0.25, 0.3) is 0 Å². The van der Waals surface area contributed by atoms with Gasteiger partial charge in [-0.3, -0.25) is 9.97 Å². The molecule has 0 unspecified atom stereocenters. The first-order valence-corrected chi connectivity index (χ1v) is 16.3. The van der Waals surface area contributed by atoms with Gasteiger partial charge in [0.15, 0.2) is 0 Å². The topological polar surface area (TPSA) is 63.6 Å². The second kappa shape index (κ2) is 12.6. The molecule has 5 aromatic carbocycles. The van der Waals surface area contributed by atoms with Crippen LogP contribution in [0.1, 0.15) is 11.1 Å². The van der Waals surface area contributed by atoms with Crippen molar-refractivity contribution in [3.05, 3.63) is 157 Å². The van der Waals surface area contributed by atoms with Gasteiger partial charge in [0.2, 0.25) is 0 Å². The van der Waals surface area contributed by atoms with E-state index < -0.39 is 0 Å². The Morgan fingerprint density at radius 1 is 0.620 bits per heavy atom. The number of hydrogen-bond acceptors (Lipinski definition) is 4. The Bertz CT molecular complexity index is 2690. The van der Waals surface area contributed by atoms with Crippen molar-refractivity contribution in [3.8, 4) is 61.9 Å². The van der Waals surface area contributed by atoms with Crippen LogP contribution < -0.4 is 0 Å². The van der Waals surface area contributed by atoms with Gasteiger partial charge < -0.3 is 13.9 Å². The molecule has 244 valence electrons. The summed E-state index contributed by atoms with van der Waals surface area (Å²) in [6, 6.07) is 48.3. The molecule has 0 aliphatic heterocycles. The molecule has 0 aliphatic rings. The summed E-state index contributed by atoms with van der Waals surface area (Å²) in [5.74, 6) is 0.110. The van der Waals surface area contributed by atoms with E-state index in [1.54, 1.807) is 6.07 Å². The Morgan fingerprint density at radius 3 is 2.18 bits per heavy atom. The van der Waals surface area contributed by atoms with Crippen molar-refractivity contribution in [1.29, 1.82) is 0 Å². The predicted molar refractivity (Wildman–Crippen MR) is 197 cm³/mol. The van der Waals surface area contributed by atoms with Crippen LogP contribution in [0.4, 0.5) is 0 Å². The van der Waals surface area contributed by atoms with Crippen LogP contribution in [0.15, 0.2) is 144 Å². The van der Waals surface area contributed by atoms with Crippen LogP contribution in [0.2, 0.25) is 0 Å². The molecule has 1 N–H and O–H groups in total. The van der Waals surface area contributed by atoms with Crippen LogP contribution in [-0.4, -0.2) is 19.5 Å². The number of aromatic hydroxyl groups is 1. The minimum Gasteiger partial charge on any atom is -0.507 e. The van der Waals surface area contributed by atoms with Crippen LogP contribution in [0.5, 0.6) is 5.75 Å². The molecule has 0 fully saturated rings. The molecule has 9 rings (SSSR count). The molecule has 0 atom stereocenters. The van der Waals surface area contributed by atoms with Gasteiger partial charge in [0.05, 0.1) is 11.3 Å². The van der Waals surface area contributed by atoms with Crippen molar-refractivity contribution in [1.82, 2.24) is 14.4 Å². The Kier molecular flexibility index (Phi) is 7.93. The Hall–Kier alpha value is -5.77. The summed E-state index contributed by atoms with van der Waals surface area (Å²) < 4.78 is 8.52. The second-order valence-electron chi connectivity index (χ2n) is 12.4. The first-order chi connectivity index (χ1) is 24.0. The second-order valence-corrected chi connectivity index (χ2v) is 12.4. The van der Waals surface area contributed by atoms with E-state index in [0.29, 0.717) is 16.8 Å². The number of furan rings is 1. The number of aromatic nitrogens is 3. The largest absolute Gasteiger partial charge is 0.507 e. The predicted octanol–water partition coefficient (Wildman–Crippen LogP) is 11.1. The molecule has 0 aliphatic carbocycles. The van der Waals surface area contributed by atoms with E-state index in [-0.39, 0.29) is 26.8 Å². The van der Waals surface area contributed by atoms with E-state index in [1.807, 2.05) is 85.1 Å². The zero-order valence-corrected chi connectivity index (χ0v) is 29.6. The summed E-state index contributed by atoms with van der Waals surface area (Å²) in [6.45, 7) is 4.25. The molecule has 6 heteroatoms. The van der Waals surface area contributed by atoms with Gasteiger partial charge in [0, 0.05) is 55.1 Å². The third-order valence-electron chi connectivity index (χ3n) is 9.28. The van der Waals surface area contributed by atoms with Gasteiger partial charge in [-0.15, -0.1) is 24.3 Å². The first-order valence-electron chi connectivity index (χ1n) is 16.3. The fourth-order valence-corrected chi connectivity index (χ4v) is 7.05. The summed E-state index contributed by atoms with van der Waals surface area (Å²) in [4.78, 5) is 10.3. The van der Waals surface area contributed by atoms with Crippen molar-refractivity contribution in [3.63, 3.8) is 0 Å². The van der Waals surface area contributed by atoms with Crippen molar-refractivity contribution >= 4 is 27.6 Å². The molecule has 9 aromatic rings. The summed E-state index contributed by atoms with van der Waals surface area (Å²) in [7, 11) is 0. The number of hydrogen-bond donors (Lipinski definition) is 1. The summed E-state index contributed by atoms with van der Waals surface area (Å²) >= 11 is 0. The minimum atomic E-state index is 0. The summed E-state index contributed by atoms with van der Waals surface area (Å²) in [5.41, 5.74) is 13.2. The zero-order valence-electron chi connectivity index (χ0n) is 27.3. The smallest absolute Gasteiger partial charge is 0.148 e. The number of nitrogens with zero attached hydrogens (tertiary/aromatic N) is 3. The molecule has 4 heterocycles. The number of aryl methyl sites for hydroxylation is 2. The van der Waals surface area contributed by atoms with Crippen molar-refractivity contribution in [2.75, 3.05) is 0 Å². The van der Waals surface area contributed by atoms with Crippen LogP contribution in [0, 0.1) is 19.9 Å². The molecule has 5 nitrogen and oxygen atoms in total. The maximum absolute atomic E-state index is 11.4. The number of rotatable bonds is 5. The normalized spacial score (nSPS) is 11.3. The van der Waals surface area contributed by atoms with Gasteiger partial charge in [-0.2, -0.15) is 0 Å². The quantitative estimate of drug-likeness (QED) is 0.176. The number of pyridine rings is 2. The standard InChI is InChI=1S/C44H30N3O2.Pt/c1-27-12-10-13-28(2)40(27)32-25-35(45-36(26-32)41-37(48)22-21-34-33-18-6-7-19-38(33)49-44(34)41)30-16-11-17-31(24-30)42-43(29-14-4-3-5-15-29)47-23-9-8-20-39(47)46-42;/h3-23,25-26,48H,1-2H3;/q-1;. The Balaban J connectivity index is 0.00000361. The molecule has 0 saturated heterocycles. The fraction of sp³-hybridized carbons (Fsp3) is 0.0455. The maximum Gasteiger partial charge on any atom is 0.148 e. The Morgan fingerprint density at radius 2 is 1.34 bits per heavy atom. The van der Waals surface area contributed by atoms with Crippen molar-refractivity contribution < 1.29 is 30.6 Å². The molecule has 0 bridgehead atoms. The molecular weight excluding hydrogens is 798 g/mol. The van der Waals surface area contributed by atoms with Gasteiger partial charge in [-0.05, 0) is 78.1 Å². The van der Waals surface area contributed by atoms with Crippen molar-refractivity contribution in [2.24, 2.45) is 0 Å². The molecule has 0 saturated carbocycles. The number of fused-ring (bicyclic) bond motifs is 4. The third-order valence-corrected chi connectivity index (χ3v) is 9.28. The van der Waals surface area contributed by atoms with Crippen LogP contribution in [0.25, 0.3) is 83.7 Å². The van der Waals surface area contributed by atoms with Crippen LogP contribution in [-0.2, 0) is 21.1 Å².